The molecule has 1 rings (SSSR count). The van der Waals surface area contributed by atoms with E-state index in [1.54, 1.807) is 6.07 Å². The molecule has 0 atom stereocenters. The molecule has 0 aliphatic heterocycles. The summed E-state index contributed by atoms with van der Waals surface area (Å²) in [4.78, 5) is 22.9. The number of hydrogen-bond acceptors (Lipinski definition) is 4. The van der Waals surface area contributed by atoms with Gasteiger partial charge in [-0.1, -0.05) is 15.9 Å². The van der Waals surface area contributed by atoms with Crippen LogP contribution in [0.4, 0.5) is 0 Å². The Balaban J connectivity index is 2.26. The normalized spacial score (nSPS) is 10.0. The summed E-state index contributed by atoms with van der Waals surface area (Å²) < 4.78 is 11.4. The highest BCUT2D eigenvalue weighted by Crippen LogP contribution is 2.21. The molecule has 0 spiro atoms. The van der Waals surface area contributed by atoms with Crippen molar-refractivity contribution in [3.63, 3.8) is 0 Å². The summed E-state index contributed by atoms with van der Waals surface area (Å²) in [7, 11) is 0. The molecule has 116 valence electrons. The van der Waals surface area contributed by atoms with Crippen molar-refractivity contribution in [1.29, 1.82) is 0 Å². The number of benzene rings is 1. The SMILES string of the molecule is CCOCCC(=O)NNC(=O)COc1ccc(Br)cc1C. The predicted molar refractivity (Wildman–Crippen MR) is 81.8 cm³/mol. The van der Waals surface area contributed by atoms with E-state index in [4.69, 9.17) is 9.47 Å². The van der Waals surface area contributed by atoms with Crippen molar-refractivity contribution >= 4 is 27.7 Å². The van der Waals surface area contributed by atoms with Crippen LogP contribution in [-0.2, 0) is 14.3 Å². The van der Waals surface area contributed by atoms with E-state index in [-0.39, 0.29) is 18.9 Å². The Morgan fingerprint density at radius 3 is 2.62 bits per heavy atom. The van der Waals surface area contributed by atoms with Gasteiger partial charge in [-0.15, -0.1) is 0 Å². The molecule has 21 heavy (non-hydrogen) atoms. The summed E-state index contributed by atoms with van der Waals surface area (Å²) in [5.41, 5.74) is 5.49. The Morgan fingerprint density at radius 2 is 1.95 bits per heavy atom. The van der Waals surface area contributed by atoms with Gasteiger partial charge in [0.15, 0.2) is 6.61 Å². The Bertz CT molecular complexity index is 494. The van der Waals surface area contributed by atoms with Crippen molar-refractivity contribution in [2.75, 3.05) is 19.8 Å². The third kappa shape index (κ3) is 7.10. The summed E-state index contributed by atoms with van der Waals surface area (Å²) in [6.45, 7) is 4.44. The third-order valence-corrected chi connectivity index (χ3v) is 3.01. The number of hydrogen-bond donors (Lipinski definition) is 2. The summed E-state index contributed by atoms with van der Waals surface area (Å²) in [6, 6.07) is 5.49. The van der Waals surface area contributed by atoms with Gasteiger partial charge in [-0.25, -0.2) is 0 Å². The van der Waals surface area contributed by atoms with Gasteiger partial charge >= 0.3 is 0 Å². The molecule has 6 nitrogen and oxygen atoms in total. The van der Waals surface area contributed by atoms with E-state index < -0.39 is 5.91 Å². The first-order chi connectivity index (χ1) is 10.0. The summed E-state index contributed by atoms with van der Waals surface area (Å²) in [5, 5.41) is 0. The van der Waals surface area contributed by atoms with Crippen LogP contribution in [0.5, 0.6) is 5.75 Å². The van der Waals surface area contributed by atoms with Crippen molar-refractivity contribution < 1.29 is 19.1 Å². The first kappa shape index (κ1) is 17.5. The average molecular weight is 359 g/mol. The molecule has 0 unspecified atom stereocenters. The van der Waals surface area contributed by atoms with Crippen LogP contribution in [0.2, 0.25) is 0 Å². The lowest BCUT2D eigenvalue weighted by molar-refractivity contribution is -0.130. The van der Waals surface area contributed by atoms with Gasteiger partial charge in [0, 0.05) is 11.1 Å². The second-order valence-electron chi connectivity index (χ2n) is 4.24. The first-order valence-electron chi connectivity index (χ1n) is 6.57. The van der Waals surface area contributed by atoms with Crippen LogP contribution >= 0.6 is 15.9 Å². The number of amides is 2. The fourth-order valence-corrected chi connectivity index (χ4v) is 1.94. The van der Waals surface area contributed by atoms with E-state index in [9.17, 15) is 9.59 Å². The van der Waals surface area contributed by atoms with Gasteiger partial charge in [0.1, 0.15) is 5.75 Å². The van der Waals surface area contributed by atoms with Gasteiger partial charge in [-0.05, 0) is 37.6 Å². The summed E-state index contributed by atoms with van der Waals surface area (Å²) in [6.07, 6.45) is 0.195. The zero-order valence-corrected chi connectivity index (χ0v) is 13.7. The van der Waals surface area contributed by atoms with Gasteiger partial charge in [0.2, 0.25) is 5.91 Å². The molecule has 2 amide bonds. The molecule has 0 aliphatic carbocycles. The van der Waals surface area contributed by atoms with Crippen LogP contribution in [0, 0.1) is 6.92 Å². The number of carbonyl (C=O) groups excluding carboxylic acids is 2. The second kappa shape index (κ2) is 9.36. The Morgan fingerprint density at radius 1 is 1.24 bits per heavy atom. The molecule has 1 aromatic rings. The highest BCUT2D eigenvalue weighted by Gasteiger charge is 2.07. The maximum atomic E-state index is 11.5. The lowest BCUT2D eigenvalue weighted by Crippen LogP contribution is -2.44. The fraction of sp³-hybridized carbons (Fsp3) is 0.429. The molecule has 0 heterocycles. The fourth-order valence-electron chi connectivity index (χ4n) is 1.47. The lowest BCUT2D eigenvalue weighted by atomic mass is 10.2. The van der Waals surface area contributed by atoms with E-state index in [1.165, 1.54) is 0 Å². The standard InChI is InChI=1S/C14H19BrN2O4/c1-3-20-7-6-13(18)16-17-14(19)9-21-12-5-4-11(15)8-10(12)2/h4-5,8H,3,6-7,9H2,1-2H3,(H,16,18)(H,17,19). The zero-order valence-electron chi connectivity index (χ0n) is 12.1. The molecule has 1 aromatic carbocycles. The second-order valence-corrected chi connectivity index (χ2v) is 5.16. The summed E-state index contributed by atoms with van der Waals surface area (Å²) in [5.74, 6) is -0.116. The highest BCUT2D eigenvalue weighted by atomic mass is 79.9. The Hall–Kier alpha value is -1.60. The predicted octanol–water partition coefficient (Wildman–Crippen LogP) is 1.71. The molecule has 0 aromatic heterocycles. The zero-order chi connectivity index (χ0) is 15.7. The van der Waals surface area contributed by atoms with Gasteiger partial charge in [0.05, 0.1) is 13.0 Å². The lowest BCUT2D eigenvalue weighted by Gasteiger charge is -2.10. The van der Waals surface area contributed by atoms with Gasteiger partial charge in [-0.2, -0.15) is 0 Å². The Kier molecular flexibility index (Phi) is 7.78. The van der Waals surface area contributed by atoms with E-state index in [0.717, 1.165) is 10.0 Å². The number of ether oxygens (including phenoxy) is 2. The third-order valence-electron chi connectivity index (χ3n) is 2.51. The number of carbonyl (C=O) groups is 2. The molecule has 2 N–H and O–H groups in total. The van der Waals surface area contributed by atoms with Crippen LogP contribution in [0.15, 0.2) is 22.7 Å². The van der Waals surface area contributed by atoms with Crippen molar-refractivity contribution in [2.24, 2.45) is 0 Å². The molecular weight excluding hydrogens is 340 g/mol. The number of rotatable bonds is 7. The smallest absolute Gasteiger partial charge is 0.276 e. The molecule has 0 saturated heterocycles. The van der Waals surface area contributed by atoms with Gasteiger partial charge in [-0.3, -0.25) is 20.4 Å². The quantitative estimate of drug-likeness (QED) is 0.574. The molecule has 0 fully saturated rings. The minimum atomic E-state index is -0.429. The highest BCUT2D eigenvalue weighted by molar-refractivity contribution is 9.10. The van der Waals surface area contributed by atoms with Crippen molar-refractivity contribution in [3.8, 4) is 5.75 Å². The van der Waals surface area contributed by atoms with Gasteiger partial charge < -0.3 is 9.47 Å². The van der Waals surface area contributed by atoms with Crippen LogP contribution in [0.1, 0.15) is 18.9 Å². The van der Waals surface area contributed by atoms with E-state index in [0.29, 0.717) is 19.0 Å². The van der Waals surface area contributed by atoms with Crippen LogP contribution in [0.25, 0.3) is 0 Å². The number of nitrogens with one attached hydrogen (secondary N) is 2. The van der Waals surface area contributed by atoms with Crippen molar-refractivity contribution in [3.05, 3.63) is 28.2 Å². The maximum Gasteiger partial charge on any atom is 0.276 e. The first-order valence-corrected chi connectivity index (χ1v) is 7.36. The number of aryl methyl sites for hydroxylation is 1. The van der Waals surface area contributed by atoms with Crippen molar-refractivity contribution in [2.45, 2.75) is 20.3 Å². The van der Waals surface area contributed by atoms with E-state index in [2.05, 4.69) is 26.8 Å². The van der Waals surface area contributed by atoms with Crippen LogP contribution < -0.4 is 15.6 Å². The topological polar surface area (TPSA) is 76.7 Å². The van der Waals surface area contributed by atoms with E-state index in [1.807, 2.05) is 26.0 Å². The average Bonchev–Trinajstić information content (AvgIpc) is 2.44. The minimum Gasteiger partial charge on any atom is -0.483 e. The van der Waals surface area contributed by atoms with Crippen LogP contribution in [-0.4, -0.2) is 31.6 Å². The molecule has 7 heteroatoms. The van der Waals surface area contributed by atoms with E-state index >= 15 is 0 Å². The minimum absolute atomic E-state index is 0.172. The largest absolute Gasteiger partial charge is 0.483 e. The van der Waals surface area contributed by atoms with Gasteiger partial charge in [0.25, 0.3) is 5.91 Å². The molecule has 0 radical (unpaired) electrons. The molecular formula is C14H19BrN2O4. The maximum absolute atomic E-state index is 11.5. The summed E-state index contributed by atoms with van der Waals surface area (Å²) >= 11 is 3.35. The Labute approximate surface area is 132 Å². The number of hydrazine groups is 1. The molecule has 0 aliphatic rings. The van der Waals surface area contributed by atoms with Crippen LogP contribution in [0.3, 0.4) is 0 Å². The van der Waals surface area contributed by atoms with Crippen molar-refractivity contribution in [1.82, 2.24) is 10.9 Å². The number of halogens is 1. The molecule has 0 bridgehead atoms. The molecule has 0 saturated carbocycles. The monoisotopic (exact) mass is 358 g/mol.